The van der Waals surface area contributed by atoms with E-state index in [1.54, 1.807) is 0 Å². The van der Waals surface area contributed by atoms with Gasteiger partial charge in [-0.3, -0.25) is 14.6 Å². The maximum absolute atomic E-state index is 12.3. The van der Waals surface area contributed by atoms with Gasteiger partial charge in [0.1, 0.15) is 0 Å². The largest absolute Gasteiger partial charge is 0.466 e. The SMILES string of the molecule is CCOC(=O)C(C)(C)CCCCCn1c2nc(=O)[nH]c(=O)c-2nc2cc(C)c(C)cc21. The molecule has 3 rings (SSSR count). The molecule has 0 aliphatic carbocycles. The first-order valence-corrected chi connectivity index (χ1v) is 10.7. The molecule has 166 valence electrons. The molecule has 2 aliphatic heterocycles. The van der Waals surface area contributed by atoms with Crippen LogP contribution in [0.2, 0.25) is 0 Å². The van der Waals surface area contributed by atoms with Crippen molar-refractivity contribution in [3.05, 3.63) is 44.1 Å². The van der Waals surface area contributed by atoms with Gasteiger partial charge in [-0.2, -0.15) is 4.98 Å². The second kappa shape index (κ2) is 8.99. The molecule has 2 aliphatic rings. The highest BCUT2D eigenvalue weighted by Crippen LogP contribution is 2.27. The van der Waals surface area contributed by atoms with Gasteiger partial charge in [-0.1, -0.05) is 12.8 Å². The number of esters is 1. The third-order valence-corrected chi connectivity index (χ3v) is 5.74. The monoisotopic (exact) mass is 426 g/mol. The van der Waals surface area contributed by atoms with Crippen LogP contribution in [0.4, 0.5) is 0 Å². The lowest BCUT2D eigenvalue weighted by Crippen LogP contribution is -2.29. The molecule has 8 heteroatoms. The molecule has 0 saturated heterocycles. The second-order valence-corrected chi connectivity index (χ2v) is 8.65. The minimum Gasteiger partial charge on any atom is -0.466 e. The van der Waals surface area contributed by atoms with Gasteiger partial charge in [-0.25, -0.2) is 9.78 Å². The minimum atomic E-state index is -0.674. The van der Waals surface area contributed by atoms with E-state index >= 15 is 0 Å². The number of nitrogens with zero attached hydrogens (tertiary/aromatic N) is 3. The molecule has 0 spiro atoms. The number of nitrogens with one attached hydrogen (secondary N) is 1. The van der Waals surface area contributed by atoms with Crippen LogP contribution in [0.1, 0.15) is 57.6 Å². The highest BCUT2D eigenvalue weighted by Gasteiger charge is 2.28. The van der Waals surface area contributed by atoms with Gasteiger partial charge in [-0.05, 0) is 70.7 Å². The van der Waals surface area contributed by atoms with Gasteiger partial charge in [0.2, 0.25) is 0 Å². The Morgan fingerprint density at radius 3 is 2.52 bits per heavy atom. The number of H-pyrrole nitrogens is 1. The highest BCUT2D eigenvalue weighted by molar-refractivity contribution is 5.81. The summed E-state index contributed by atoms with van der Waals surface area (Å²) in [7, 11) is 0. The summed E-state index contributed by atoms with van der Waals surface area (Å²) >= 11 is 0. The van der Waals surface area contributed by atoms with Gasteiger partial charge >= 0.3 is 11.7 Å². The number of unbranched alkanes of at least 4 members (excludes halogenated alkanes) is 2. The fourth-order valence-corrected chi connectivity index (χ4v) is 3.72. The smallest absolute Gasteiger partial charge is 0.349 e. The molecular weight excluding hydrogens is 396 g/mol. The predicted octanol–water partition coefficient (Wildman–Crippen LogP) is 3.35. The molecule has 1 aromatic carbocycles. The van der Waals surface area contributed by atoms with Crippen molar-refractivity contribution in [1.29, 1.82) is 0 Å². The van der Waals surface area contributed by atoms with E-state index in [9.17, 15) is 14.4 Å². The molecule has 0 aromatic heterocycles. The van der Waals surface area contributed by atoms with E-state index in [4.69, 9.17) is 4.74 Å². The summed E-state index contributed by atoms with van der Waals surface area (Å²) in [4.78, 5) is 47.0. The number of carbonyl (C=O) groups excluding carboxylic acids is 1. The fourth-order valence-electron chi connectivity index (χ4n) is 3.72. The standard InChI is InChI=1S/C23H30N4O4/c1-6-31-21(29)23(4,5)10-8-7-9-11-27-17-13-15(3)14(2)12-16(17)24-18-19(27)25-22(30)26-20(18)28/h12-13H,6-11H2,1-5H3,(H,26,28,30). The number of aromatic nitrogens is 4. The zero-order valence-corrected chi connectivity index (χ0v) is 18.9. The molecule has 0 saturated carbocycles. The molecule has 0 amide bonds. The Bertz CT molecular complexity index is 1190. The molecule has 1 aromatic rings. The Hall–Kier alpha value is -3.03. The van der Waals surface area contributed by atoms with Crippen molar-refractivity contribution in [2.45, 2.75) is 66.8 Å². The summed E-state index contributed by atoms with van der Waals surface area (Å²) in [6, 6.07) is 3.97. The zero-order valence-electron chi connectivity index (χ0n) is 18.9. The van der Waals surface area contributed by atoms with Crippen molar-refractivity contribution in [3.8, 4) is 11.5 Å². The number of carbonyl (C=O) groups is 1. The number of benzene rings is 1. The quantitative estimate of drug-likeness (QED) is 0.336. The van der Waals surface area contributed by atoms with E-state index in [0.29, 0.717) is 24.5 Å². The average Bonchev–Trinajstić information content (AvgIpc) is 2.69. The molecule has 0 unspecified atom stereocenters. The molecule has 31 heavy (non-hydrogen) atoms. The lowest BCUT2D eigenvalue weighted by atomic mass is 9.87. The molecule has 2 heterocycles. The number of rotatable bonds is 8. The normalized spacial score (nSPS) is 11.9. The van der Waals surface area contributed by atoms with Crippen molar-refractivity contribution in [2.24, 2.45) is 5.41 Å². The first-order valence-electron chi connectivity index (χ1n) is 10.7. The van der Waals surface area contributed by atoms with E-state index in [1.165, 1.54) is 0 Å². The first-order chi connectivity index (χ1) is 14.6. The second-order valence-electron chi connectivity index (χ2n) is 8.65. The van der Waals surface area contributed by atoms with E-state index in [0.717, 1.165) is 42.3 Å². The van der Waals surface area contributed by atoms with Crippen LogP contribution in [0.3, 0.4) is 0 Å². The number of aromatic amines is 1. The Morgan fingerprint density at radius 1 is 1.10 bits per heavy atom. The topological polar surface area (TPSA) is 107 Å². The maximum Gasteiger partial charge on any atom is 0.349 e. The van der Waals surface area contributed by atoms with Crippen molar-refractivity contribution >= 4 is 17.0 Å². The average molecular weight is 427 g/mol. The van der Waals surface area contributed by atoms with Crippen LogP contribution in [-0.2, 0) is 16.1 Å². The van der Waals surface area contributed by atoms with Crippen LogP contribution in [0.15, 0.2) is 21.7 Å². The van der Waals surface area contributed by atoms with Gasteiger partial charge in [0, 0.05) is 6.54 Å². The summed E-state index contributed by atoms with van der Waals surface area (Å²) in [5.41, 5.74) is 2.18. The predicted molar refractivity (Wildman–Crippen MR) is 119 cm³/mol. The molecule has 8 nitrogen and oxygen atoms in total. The van der Waals surface area contributed by atoms with Crippen LogP contribution >= 0.6 is 0 Å². The van der Waals surface area contributed by atoms with Crippen LogP contribution in [0.25, 0.3) is 22.6 Å². The van der Waals surface area contributed by atoms with Crippen molar-refractivity contribution in [2.75, 3.05) is 6.61 Å². The molecule has 1 N–H and O–H groups in total. The summed E-state index contributed by atoms with van der Waals surface area (Å²) in [5.74, 6) is 0.129. The van der Waals surface area contributed by atoms with E-state index in [2.05, 4.69) is 15.0 Å². The van der Waals surface area contributed by atoms with E-state index in [1.807, 2.05) is 51.3 Å². The van der Waals surface area contributed by atoms with Crippen LogP contribution in [-0.4, -0.2) is 32.1 Å². The van der Waals surface area contributed by atoms with Crippen molar-refractivity contribution in [3.63, 3.8) is 0 Å². The van der Waals surface area contributed by atoms with Crippen LogP contribution < -0.4 is 11.2 Å². The summed E-state index contributed by atoms with van der Waals surface area (Å²) in [5, 5.41) is 0. The minimum absolute atomic E-state index is 0.166. The summed E-state index contributed by atoms with van der Waals surface area (Å²) in [6.07, 6.45) is 3.30. The number of hydrogen-bond acceptors (Lipinski definition) is 6. The lowest BCUT2D eigenvalue weighted by molar-refractivity contribution is -0.153. The third kappa shape index (κ3) is 4.84. The third-order valence-electron chi connectivity index (χ3n) is 5.74. The Labute approximate surface area is 181 Å². The lowest BCUT2D eigenvalue weighted by Gasteiger charge is -2.22. The molecular formula is C23H30N4O4. The van der Waals surface area contributed by atoms with E-state index in [-0.39, 0.29) is 11.7 Å². The summed E-state index contributed by atoms with van der Waals surface area (Å²) < 4.78 is 7.07. The van der Waals surface area contributed by atoms with Crippen molar-refractivity contribution < 1.29 is 9.53 Å². The Balaban J connectivity index is 1.85. The molecule has 0 fully saturated rings. The van der Waals surface area contributed by atoms with Crippen LogP contribution in [0, 0.1) is 19.3 Å². The highest BCUT2D eigenvalue weighted by atomic mass is 16.5. The number of aryl methyl sites for hydroxylation is 3. The molecule has 0 radical (unpaired) electrons. The van der Waals surface area contributed by atoms with E-state index < -0.39 is 16.7 Å². The fraction of sp³-hybridized carbons (Fsp3) is 0.522. The number of ether oxygens (including phenoxy) is 1. The Morgan fingerprint density at radius 2 is 1.81 bits per heavy atom. The van der Waals surface area contributed by atoms with Gasteiger partial charge in [0.05, 0.1) is 23.1 Å². The zero-order chi connectivity index (χ0) is 22.8. The molecule has 0 bridgehead atoms. The van der Waals surface area contributed by atoms with Gasteiger partial charge < -0.3 is 9.30 Å². The molecule has 0 atom stereocenters. The maximum atomic E-state index is 12.3. The Kier molecular flexibility index (Phi) is 6.57. The number of fused-ring (bicyclic) bond motifs is 2. The van der Waals surface area contributed by atoms with Gasteiger partial charge in [0.15, 0.2) is 11.5 Å². The first kappa shape index (κ1) is 22.7. The van der Waals surface area contributed by atoms with Gasteiger partial charge in [-0.15, -0.1) is 0 Å². The van der Waals surface area contributed by atoms with Crippen LogP contribution in [0.5, 0.6) is 0 Å². The number of hydrogen-bond donors (Lipinski definition) is 1. The van der Waals surface area contributed by atoms with Gasteiger partial charge in [0.25, 0.3) is 5.56 Å². The van der Waals surface area contributed by atoms with Crippen molar-refractivity contribution in [1.82, 2.24) is 19.5 Å². The summed E-state index contributed by atoms with van der Waals surface area (Å²) in [6.45, 7) is 10.6.